The Balaban J connectivity index is 2.10. The third kappa shape index (κ3) is 4.65. The average molecular weight is 325 g/mol. The molecule has 5 nitrogen and oxygen atoms in total. The maximum absolute atomic E-state index is 12.4. The zero-order chi connectivity index (χ0) is 17.5. The first kappa shape index (κ1) is 17.7. The Morgan fingerprint density at radius 3 is 2.46 bits per heavy atom. The van der Waals surface area contributed by atoms with E-state index in [0.717, 1.165) is 18.4 Å². The Bertz CT molecular complexity index is 711. The van der Waals surface area contributed by atoms with Gasteiger partial charge in [-0.25, -0.2) is 0 Å². The Hall–Kier alpha value is -2.69. The quantitative estimate of drug-likeness (QED) is 0.884. The molecule has 0 aliphatic heterocycles. The number of amides is 2. The zero-order valence-corrected chi connectivity index (χ0v) is 14.4. The van der Waals surface area contributed by atoms with Crippen molar-refractivity contribution in [3.63, 3.8) is 0 Å². The predicted octanol–water partition coefficient (Wildman–Crippen LogP) is 3.51. The van der Waals surface area contributed by atoms with E-state index in [1.165, 1.54) is 12.4 Å². The Labute approximate surface area is 142 Å². The summed E-state index contributed by atoms with van der Waals surface area (Å²) in [5, 5.41) is 2.81. The summed E-state index contributed by atoms with van der Waals surface area (Å²) in [4.78, 5) is 30.4. The van der Waals surface area contributed by atoms with Crippen molar-refractivity contribution in [2.24, 2.45) is 0 Å². The molecule has 0 radical (unpaired) electrons. The summed E-state index contributed by atoms with van der Waals surface area (Å²) in [6, 6.07) is 9.12. The molecule has 2 amide bonds. The van der Waals surface area contributed by atoms with Crippen molar-refractivity contribution in [3.8, 4) is 0 Å². The van der Waals surface area contributed by atoms with Gasteiger partial charge in [-0.05, 0) is 31.5 Å². The van der Waals surface area contributed by atoms with Crippen molar-refractivity contribution in [1.29, 1.82) is 0 Å². The molecule has 0 spiro atoms. The van der Waals surface area contributed by atoms with E-state index in [9.17, 15) is 9.59 Å². The lowest BCUT2D eigenvalue weighted by Gasteiger charge is -2.16. The first-order chi connectivity index (χ1) is 11.5. The molecule has 2 rings (SSSR count). The third-order valence-electron chi connectivity index (χ3n) is 3.75. The summed E-state index contributed by atoms with van der Waals surface area (Å²) in [7, 11) is 1.76. The highest BCUT2D eigenvalue weighted by Gasteiger charge is 2.14. The predicted molar refractivity (Wildman–Crippen MR) is 95.2 cm³/mol. The smallest absolute Gasteiger partial charge is 0.257 e. The van der Waals surface area contributed by atoms with Crippen molar-refractivity contribution in [3.05, 3.63) is 59.4 Å². The molecule has 0 aliphatic carbocycles. The molecule has 0 fully saturated rings. The van der Waals surface area contributed by atoms with E-state index in [4.69, 9.17) is 0 Å². The number of hydrogen-bond acceptors (Lipinski definition) is 3. The molecule has 0 saturated heterocycles. The average Bonchev–Trinajstić information content (AvgIpc) is 2.61. The topological polar surface area (TPSA) is 62.3 Å². The van der Waals surface area contributed by atoms with Crippen molar-refractivity contribution < 1.29 is 9.59 Å². The number of benzene rings is 1. The summed E-state index contributed by atoms with van der Waals surface area (Å²) in [5.41, 5.74) is 2.62. The van der Waals surface area contributed by atoms with E-state index >= 15 is 0 Å². The first-order valence-electron chi connectivity index (χ1n) is 8.09. The van der Waals surface area contributed by atoms with Crippen LogP contribution >= 0.6 is 0 Å². The van der Waals surface area contributed by atoms with E-state index in [0.29, 0.717) is 23.4 Å². The minimum absolute atomic E-state index is 0.124. The second-order valence-electron chi connectivity index (χ2n) is 5.86. The number of aryl methyl sites for hydroxylation is 1. The van der Waals surface area contributed by atoms with Crippen molar-refractivity contribution >= 4 is 17.5 Å². The van der Waals surface area contributed by atoms with Crippen LogP contribution in [0.5, 0.6) is 0 Å². The molecular weight excluding hydrogens is 302 g/mol. The van der Waals surface area contributed by atoms with Gasteiger partial charge in [-0.15, -0.1) is 0 Å². The number of aromatic nitrogens is 1. The summed E-state index contributed by atoms with van der Waals surface area (Å²) < 4.78 is 0. The van der Waals surface area contributed by atoms with Crippen molar-refractivity contribution in [1.82, 2.24) is 9.88 Å². The van der Waals surface area contributed by atoms with Crippen LogP contribution in [0.2, 0.25) is 0 Å². The number of anilines is 1. The van der Waals surface area contributed by atoms with Gasteiger partial charge in [0.2, 0.25) is 0 Å². The lowest BCUT2D eigenvalue weighted by Crippen LogP contribution is -2.28. The molecule has 0 saturated carbocycles. The van der Waals surface area contributed by atoms with Crippen LogP contribution in [-0.2, 0) is 0 Å². The van der Waals surface area contributed by atoms with Gasteiger partial charge < -0.3 is 10.2 Å². The van der Waals surface area contributed by atoms with Crippen molar-refractivity contribution in [2.45, 2.75) is 26.7 Å². The lowest BCUT2D eigenvalue weighted by molar-refractivity contribution is 0.0793. The SMILES string of the molecule is CCCCN(C)C(=O)c1cncc(C(=O)Nc2ccc(C)cc2)c1. The molecule has 24 heavy (non-hydrogen) atoms. The number of hydrogen-bond donors (Lipinski definition) is 1. The number of rotatable bonds is 6. The van der Waals surface area contributed by atoms with Gasteiger partial charge in [-0.3, -0.25) is 14.6 Å². The van der Waals surface area contributed by atoms with Gasteiger partial charge in [0, 0.05) is 31.7 Å². The molecule has 1 heterocycles. The molecule has 1 aromatic heterocycles. The van der Waals surface area contributed by atoms with E-state index in [-0.39, 0.29) is 11.8 Å². The minimum Gasteiger partial charge on any atom is -0.342 e. The molecule has 0 atom stereocenters. The Kier molecular flexibility index (Phi) is 6.07. The van der Waals surface area contributed by atoms with Crippen LogP contribution in [0.25, 0.3) is 0 Å². The van der Waals surface area contributed by atoms with Crippen LogP contribution in [0.3, 0.4) is 0 Å². The molecule has 1 N–H and O–H groups in total. The largest absolute Gasteiger partial charge is 0.342 e. The number of nitrogens with zero attached hydrogens (tertiary/aromatic N) is 2. The normalized spacial score (nSPS) is 10.3. The monoisotopic (exact) mass is 325 g/mol. The van der Waals surface area contributed by atoms with Crippen LogP contribution in [0.4, 0.5) is 5.69 Å². The van der Waals surface area contributed by atoms with E-state index in [2.05, 4.69) is 17.2 Å². The molecule has 0 unspecified atom stereocenters. The molecule has 2 aromatic rings. The molecule has 5 heteroatoms. The fourth-order valence-corrected chi connectivity index (χ4v) is 2.24. The molecule has 0 bridgehead atoms. The van der Waals surface area contributed by atoms with Crippen molar-refractivity contribution in [2.75, 3.05) is 18.9 Å². The summed E-state index contributed by atoms with van der Waals surface area (Å²) in [6.07, 6.45) is 4.93. The number of pyridine rings is 1. The van der Waals surface area contributed by atoms with E-state index in [1.54, 1.807) is 18.0 Å². The number of unbranched alkanes of at least 4 members (excludes halogenated alkanes) is 1. The van der Waals surface area contributed by atoms with E-state index in [1.807, 2.05) is 31.2 Å². The second kappa shape index (κ2) is 8.24. The van der Waals surface area contributed by atoms with Gasteiger partial charge in [0.05, 0.1) is 11.1 Å². The Morgan fingerprint density at radius 2 is 1.79 bits per heavy atom. The maximum Gasteiger partial charge on any atom is 0.257 e. The number of nitrogens with one attached hydrogen (secondary N) is 1. The number of carbonyl (C=O) groups excluding carboxylic acids is 2. The van der Waals surface area contributed by atoms with Gasteiger partial charge >= 0.3 is 0 Å². The first-order valence-corrected chi connectivity index (χ1v) is 8.09. The fourth-order valence-electron chi connectivity index (χ4n) is 2.24. The summed E-state index contributed by atoms with van der Waals surface area (Å²) in [5.74, 6) is -0.404. The van der Waals surface area contributed by atoms with E-state index < -0.39 is 0 Å². The van der Waals surface area contributed by atoms with Gasteiger partial charge in [-0.2, -0.15) is 0 Å². The molecular formula is C19H23N3O2. The van der Waals surface area contributed by atoms with Crippen LogP contribution in [0.15, 0.2) is 42.7 Å². The highest BCUT2D eigenvalue weighted by molar-refractivity contribution is 6.05. The minimum atomic E-state index is -0.280. The highest BCUT2D eigenvalue weighted by Crippen LogP contribution is 2.12. The fraction of sp³-hybridized carbons (Fsp3) is 0.316. The van der Waals surface area contributed by atoms with Gasteiger partial charge in [0.1, 0.15) is 0 Å². The van der Waals surface area contributed by atoms with Crippen LogP contribution < -0.4 is 5.32 Å². The summed E-state index contributed by atoms with van der Waals surface area (Å²) >= 11 is 0. The summed E-state index contributed by atoms with van der Waals surface area (Å²) in [6.45, 7) is 4.75. The highest BCUT2D eigenvalue weighted by atomic mass is 16.2. The van der Waals surface area contributed by atoms with Gasteiger partial charge in [0.15, 0.2) is 0 Å². The van der Waals surface area contributed by atoms with Crippen LogP contribution in [0, 0.1) is 6.92 Å². The molecule has 1 aromatic carbocycles. The van der Waals surface area contributed by atoms with Gasteiger partial charge in [-0.1, -0.05) is 31.0 Å². The third-order valence-corrected chi connectivity index (χ3v) is 3.75. The number of carbonyl (C=O) groups is 2. The Morgan fingerprint density at radius 1 is 1.12 bits per heavy atom. The van der Waals surface area contributed by atoms with Crippen LogP contribution in [0.1, 0.15) is 46.0 Å². The molecule has 126 valence electrons. The maximum atomic E-state index is 12.4. The zero-order valence-electron chi connectivity index (χ0n) is 14.4. The van der Waals surface area contributed by atoms with Gasteiger partial charge in [0.25, 0.3) is 11.8 Å². The lowest BCUT2D eigenvalue weighted by atomic mass is 10.1. The molecule has 0 aliphatic rings. The second-order valence-corrected chi connectivity index (χ2v) is 5.86. The van der Waals surface area contributed by atoms with Crippen LogP contribution in [-0.4, -0.2) is 35.3 Å². The standard InChI is InChI=1S/C19H23N3O2/c1-4-5-10-22(3)19(24)16-11-15(12-20-13-16)18(23)21-17-8-6-14(2)7-9-17/h6-9,11-13H,4-5,10H2,1-3H3,(H,21,23).